The van der Waals surface area contributed by atoms with E-state index in [2.05, 4.69) is 12.2 Å². The molecule has 1 heterocycles. The number of carbonyl (C=O) groups is 1. The normalized spacial score (nSPS) is 14.6. The zero-order valence-corrected chi connectivity index (χ0v) is 18.0. The molecule has 2 aromatic carbocycles. The van der Waals surface area contributed by atoms with Crippen molar-refractivity contribution < 1.29 is 23.7 Å². The van der Waals surface area contributed by atoms with Crippen molar-refractivity contribution in [3.05, 3.63) is 47.5 Å². The molecule has 3 rings (SSSR count). The topological polar surface area (TPSA) is 66.0 Å². The molecule has 0 spiro atoms. The van der Waals surface area contributed by atoms with Gasteiger partial charge in [0.2, 0.25) is 5.91 Å². The standard InChI is InChI=1S/C24H31NO5/c1-4-27-20-9-6-7-10-21(20)29-12-8-11-24(26)25-16-19-15-23-18(13-17(3)30-23)14-22(19)28-5-2/h6-7,9-10,14-15,17H,4-5,8,11-13,16H2,1-3H3,(H,25,26)/t17-/m0/s1. The van der Waals surface area contributed by atoms with Gasteiger partial charge in [-0.15, -0.1) is 0 Å². The van der Waals surface area contributed by atoms with Crippen LogP contribution >= 0.6 is 0 Å². The van der Waals surface area contributed by atoms with Gasteiger partial charge in [0.15, 0.2) is 11.5 Å². The third-order valence-corrected chi connectivity index (χ3v) is 4.81. The molecular formula is C24H31NO5. The molecule has 0 bridgehead atoms. The Kier molecular flexibility index (Phi) is 7.82. The van der Waals surface area contributed by atoms with Crippen molar-refractivity contribution in [2.45, 2.75) is 52.7 Å². The monoisotopic (exact) mass is 413 g/mol. The lowest BCUT2D eigenvalue weighted by molar-refractivity contribution is -0.121. The number of rotatable bonds is 11. The Balaban J connectivity index is 1.47. The van der Waals surface area contributed by atoms with Crippen molar-refractivity contribution in [1.82, 2.24) is 5.32 Å². The quantitative estimate of drug-likeness (QED) is 0.557. The van der Waals surface area contributed by atoms with Crippen molar-refractivity contribution in [1.29, 1.82) is 0 Å². The van der Waals surface area contributed by atoms with Crippen molar-refractivity contribution in [3.63, 3.8) is 0 Å². The number of carbonyl (C=O) groups excluding carboxylic acids is 1. The highest BCUT2D eigenvalue weighted by Crippen LogP contribution is 2.35. The van der Waals surface area contributed by atoms with E-state index in [-0.39, 0.29) is 12.0 Å². The van der Waals surface area contributed by atoms with E-state index in [4.69, 9.17) is 18.9 Å². The van der Waals surface area contributed by atoms with Crippen LogP contribution in [0.1, 0.15) is 44.7 Å². The summed E-state index contributed by atoms with van der Waals surface area (Å²) in [5, 5.41) is 2.98. The van der Waals surface area contributed by atoms with Gasteiger partial charge in [-0.3, -0.25) is 4.79 Å². The van der Waals surface area contributed by atoms with Crippen LogP contribution in [0.4, 0.5) is 0 Å². The average molecular weight is 414 g/mol. The fourth-order valence-electron chi connectivity index (χ4n) is 3.45. The Morgan fingerprint density at radius 1 is 1.07 bits per heavy atom. The van der Waals surface area contributed by atoms with Crippen LogP contribution in [0.2, 0.25) is 0 Å². The highest BCUT2D eigenvalue weighted by atomic mass is 16.5. The van der Waals surface area contributed by atoms with E-state index < -0.39 is 0 Å². The summed E-state index contributed by atoms with van der Waals surface area (Å²) < 4.78 is 22.9. The molecule has 0 radical (unpaired) electrons. The van der Waals surface area contributed by atoms with E-state index in [0.717, 1.165) is 34.8 Å². The maximum atomic E-state index is 12.3. The Labute approximate surface area is 178 Å². The molecule has 6 heteroatoms. The molecule has 2 aromatic rings. The highest BCUT2D eigenvalue weighted by molar-refractivity contribution is 5.76. The summed E-state index contributed by atoms with van der Waals surface area (Å²) in [5.41, 5.74) is 2.09. The number of ether oxygens (including phenoxy) is 4. The second-order valence-corrected chi connectivity index (χ2v) is 7.24. The van der Waals surface area contributed by atoms with E-state index in [1.54, 1.807) is 0 Å². The number of nitrogens with one attached hydrogen (secondary N) is 1. The molecule has 1 amide bonds. The molecule has 162 valence electrons. The number of para-hydroxylation sites is 2. The highest BCUT2D eigenvalue weighted by Gasteiger charge is 2.22. The molecule has 0 saturated heterocycles. The first-order valence-electron chi connectivity index (χ1n) is 10.7. The van der Waals surface area contributed by atoms with Gasteiger partial charge in [0, 0.05) is 30.5 Å². The van der Waals surface area contributed by atoms with Gasteiger partial charge in [-0.05, 0) is 51.5 Å². The summed E-state index contributed by atoms with van der Waals surface area (Å²) in [6.45, 7) is 7.97. The predicted molar refractivity (Wildman–Crippen MR) is 116 cm³/mol. The first-order valence-corrected chi connectivity index (χ1v) is 10.7. The Morgan fingerprint density at radius 2 is 1.77 bits per heavy atom. The van der Waals surface area contributed by atoms with Gasteiger partial charge in [-0.1, -0.05) is 12.1 Å². The molecular weight excluding hydrogens is 382 g/mol. The van der Waals surface area contributed by atoms with E-state index in [0.29, 0.717) is 45.0 Å². The SMILES string of the molecule is CCOc1cc2c(cc1CNC(=O)CCCOc1ccccc1OCC)O[C@@H](C)C2. The summed E-state index contributed by atoms with van der Waals surface area (Å²) in [7, 11) is 0. The lowest BCUT2D eigenvalue weighted by Crippen LogP contribution is -2.23. The zero-order valence-electron chi connectivity index (χ0n) is 18.0. The van der Waals surface area contributed by atoms with Crippen LogP contribution in [-0.2, 0) is 17.8 Å². The number of hydrogen-bond donors (Lipinski definition) is 1. The molecule has 6 nitrogen and oxygen atoms in total. The van der Waals surface area contributed by atoms with Crippen LogP contribution in [0.5, 0.6) is 23.0 Å². The fourth-order valence-corrected chi connectivity index (χ4v) is 3.45. The number of amides is 1. The molecule has 0 aliphatic carbocycles. The summed E-state index contributed by atoms with van der Waals surface area (Å²) in [4.78, 5) is 12.3. The first-order chi connectivity index (χ1) is 14.6. The van der Waals surface area contributed by atoms with Crippen molar-refractivity contribution in [2.24, 2.45) is 0 Å². The second kappa shape index (κ2) is 10.8. The molecule has 1 atom stereocenters. The predicted octanol–water partition coefficient (Wildman–Crippen LogP) is 4.28. The van der Waals surface area contributed by atoms with E-state index in [9.17, 15) is 4.79 Å². The molecule has 0 fully saturated rings. The van der Waals surface area contributed by atoms with Gasteiger partial charge < -0.3 is 24.3 Å². The molecule has 1 N–H and O–H groups in total. The Hall–Kier alpha value is -2.89. The minimum Gasteiger partial charge on any atom is -0.494 e. The van der Waals surface area contributed by atoms with Crippen molar-refractivity contribution >= 4 is 5.91 Å². The minimum absolute atomic E-state index is 0.0195. The average Bonchev–Trinajstić information content (AvgIpc) is 3.10. The maximum absolute atomic E-state index is 12.3. The zero-order chi connectivity index (χ0) is 21.3. The van der Waals surface area contributed by atoms with Gasteiger partial charge in [-0.25, -0.2) is 0 Å². The fraction of sp³-hybridized carbons (Fsp3) is 0.458. The van der Waals surface area contributed by atoms with E-state index >= 15 is 0 Å². The van der Waals surface area contributed by atoms with Crippen LogP contribution in [0.15, 0.2) is 36.4 Å². The molecule has 1 aliphatic rings. The molecule has 30 heavy (non-hydrogen) atoms. The van der Waals surface area contributed by atoms with Crippen molar-refractivity contribution in [2.75, 3.05) is 19.8 Å². The summed E-state index contributed by atoms with van der Waals surface area (Å²) in [6, 6.07) is 11.6. The van der Waals surface area contributed by atoms with Crippen molar-refractivity contribution in [3.8, 4) is 23.0 Å². The van der Waals surface area contributed by atoms with Gasteiger partial charge >= 0.3 is 0 Å². The molecule has 1 aliphatic heterocycles. The second-order valence-electron chi connectivity index (χ2n) is 7.24. The summed E-state index contributed by atoms with van der Waals surface area (Å²) in [6.07, 6.45) is 2.07. The molecule has 0 aromatic heterocycles. The van der Waals surface area contributed by atoms with Crippen LogP contribution in [0, 0.1) is 0 Å². The number of fused-ring (bicyclic) bond motifs is 1. The lowest BCUT2D eigenvalue weighted by atomic mass is 10.1. The van der Waals surface area contributed by atoms with Gasteiger partial charge in [0.25, 0.3) is 0 Å². The third-order valence-electron chi connectivity index (χ3n) is 4.81. The van der Waals surface area contributed by atoms with E-state index in [1.165, 1.54) is 0 Å². The summed E-state index contributed by atoms with van der Waals surface area (Å²) >= 11 is 0. The Bertz CT molecular complexity index is 851. The maximum Gasteiger partial charge on any atom is 0.220 e. The Morgan fingerprint density at radius 3 is 2.50 bits per heavy atom. The third kappa shape index (κ3) is 5.81. The van der Waals surface area contributed by atoms with Gasteiger partial charge in [-0.2, -0.15) is 0 Å². The smallest absolute Gasteiger partial charge is 0.220 e. The molecule has 0 unspecified atom stereocenters. The van der Waals surface area contributed by atoms with Crippen LogP contribution in [0.3, 0.4) is 0 Å². The van der Waals surface area contributed by atoms with Gasteiger partial charge in [0.1, 0.15) is 17.6 Å². The molecule has 0 saturated carbocycles. The van der Waals surface area contributed by atoms with E-state index in [1.807, 2.05) is 50.2 Å². The van der Waals surface area contributed by atoms with Gasteiger partial charge in [0.05, 0.1) is 19.8 Å². The lowest BCUT2D eigenvalue weighted by Gasteiger charge is -2.14. The number of hydrogen-bond acceptors (Lipinski definition) is 5. The largest absolute Gasteiger partial charge is 0.494 e. The first kappa shape index (κ1) is 21.8. The minimum atomic E-state index is -0.0195. The van der Waals surface area contributed by atoms with Crippen LogP contribution < -0.4 is 24.3 Å². The van der Waals surface area contributed by atoms with Crippen LogP contribution in [-0.4, -0.2) is 31.8 Å². The van der Waals surface area contributed by atoms with Crippen LogP contribution in [0.25, 0.3) is 0 Å². The summed E-state index contributed by atoms with van der Waals surface area (Å²) in [5.74, 6) is 3.10. The number of benzene rings is 2.